The highest BCUT2D eigenvalue weighted by atomic mass is 16.5. The van der Waals surface area contributed by atoms with Crippen LogP contribution in [0.15, 0.2) is 41.4 Å². The standard InChI is InChI=1S/C11H9N5O/c12-11-9(7-1-3-13-4-2-7)10(16-17-11)8-5-14-15-6-8/h1-6H,12H2,(H,14,15). The molecular formula is C11H9N5O. The van der Waals surface area contributed by atoms with E-state index < -0.39 is 0 Å². The number of aromatic nitrogens is 4. The van der Waals surface area contributed by atoms with Gasteiger partial charge in [0.05, 0.1) is 11.8 Å². The smallest absolute Gasteiger partial charge is 0.230 e. The molecule has 0 aliphatic carbocycles. The van der Waals surface area contributed by atoms with Gasteiger partial charge in [0.25, 0.3) is 0 Å². The number of nitrogens with one attached hydrogen (secondary N) is 1. The highest BCUT2D eigenvalue weighted by molar-refractivity contribution is 5.86. The monoisotopic (exact) mass is 227 g/mol. The first kappa shape index (κ1) is 9.59. The van der Waals surface area contributed by atoms with Crippen molar-refractivity contribution in [3.63, 3.8) is 0 Å². The zero-order chi connectivity index (χ0) is 11.7. The van der Waals surface area contributed by atoms with Crippen molar-refractivity contribution in [2.45, 2.75) is 0 Å². The van der Waals surface area contributed by atoms with Crippen molar-refractivity contribution in [2.75, 3.05) is 5.73 Å². The Morgan fingerprint density at radius 2 is 2.00 bits per heavy atom. The van der Waals surface area contributed by atoms with Gasteiger partial charge in [-0.3, -0.25) is 10.1 Å². The van der Waals surface area contributed by atoms with Crippen molar-refractivity contribution in [1.82, 2.24) is 20.3 Å². The van der Waals surface area contributed by atoms with Crippen molar-refractivity contribution in [2.24, 2.45) is 0 Å². The molecule has 0 aliphatic heterocycles. The molecule has 6 nitrogen and oxygen atoms in total. The summed E-state index contributed by atoms with van der Waals surface area (Å²) < 4.78 is 5.04. The van der Waals surface area contributed by atoms with Crippen LogP contribution in [0.4, 0.5) is 5.88 Å². The van der Waals surface area contributed by atoms with E-state index in [1.807, 2.05) is 12.1 Å². The van der Waals surface area contributed by atoms with Crippen LogP contribution in [0.2, 0.25) is 0 Å². The third kappa shape index (κ3) is 1.55. The minimum atomic E-state index is 0.285. The van der Waals surface area contributed by atoms with Crippen molar-refractivity contribution in [1.29, 1.82) is 0 Å². The second-order valence-electron chi connectivity index (χ2n) is 3.49. The van der Waals surface area contributed by atoms with Crippen molar-refractivity contribution >= 4 is 5.88 Å². The number of rotatable bonds is 2. The first-order chi connectivity index (χ1) is 8.36. The maximum absolute atomic E-state index is 5.80. The van der Waals surface area contributed by atoms with Gasteiger partial charge in [-0.1, -0.05) is 5.16 Å². The number of nitrogens with two attached hydrogens (primary N) is 1. The molecule has 0 aliphatic rings. The van der Waals surface area contributed by atoms with Crippen LogP contribution in [0, 0.1) is 0 Å². The van der Waals surface area contributed by atoms with Crippen LogP contribution in [0.5, 0.6) is 0 Å². The second kappa shape index (κ2) is 3.75. The van der Waals surface area contributed by atoms with E-state index in [-0.39, 0.29) is 5.88 Å². The van der Waals surface area contributed by atoms with Crippen LogP contribution >= 0.6 is 0 Å². The van der Waals surface area contributed by atoms with Gasteiger partial charge in [0, 0.05) is 24.2 Å². The highest BCUT2D eigenvalue weighted by Gasteiger charge is 2.17. The number of nitrogens with zero attached hydrogens (tertiary/aromatic N) is 3. The maximum atomic E-state index is 5.80. The van der Waals surface area contributed by atoms with Gasteiger partial charge in [0.15, 0.2) is 0 Å². The summed E-state index contributed by atoms with van der Waals surface area (Å²) in [5.74, 6) is 0.285. The molecule has 0 saturated carbocycles. The van der Waals surface area contributed by atoms with Gasteiger partial charge in [-0.15, -0.1) is 0 Å². The lowest BCUT2D eigenvalue weighted by molar-refractivity contribution is 0.439. The Kier molecular flexibility index (Phi) is 2.11. The number of aromatic amines is 1. The molecule has 0 amide bonds. The lowest BCUT2D eigenvalue weighted by Crippen LogP contribution is -1.87. The van der Waals surface area contributed by atoms with Gasteiger partial charge in [-0.25, -0.2) is 0 Å². The largest absolute Gasteiger partial charge is 0.367 e. The summed E-state index contributed by atoms with van der Waals surface area (Å²) in [7, 11) is 0. The van der Waals surface area contributed by atoms with Gasteiger partial charge < -0.3 is 10.3 Å². The highest BCUT2D eigenvalue weighted by Crippen LogP contribution is 2.35. The number of anilines is 1. The molecule has 3 rings (SSSR count). The molecule has 0 aromatic carbocycles. The van der Waals surface area contributed by atoms with E-state index in [1.165, 1.54) is 0 Å². The topological polar surface area (TPSA) is 93.6 Å². The fourth-order valence-electron chi connectivity index (χ4n) is 1.68. The predicted octanol–water partition coefficient (Wildman–Crippen LogP) is 1.71. The van der Waals surface area contributed by atoms with Crippen LogP contribution in [0.1, 0.15) is 0 Å². The number of nitrogen functional groups attached to an aromatic ring is 1. The van der Waals surface area contributed by atoms with Crippen molar-refractivity contribution < 1.29 is 4.52 Å². The molecule has 0 unspecified atom stereocenters. The first-order valence-corrected chi connectivity index (χ1v) is 5.01. The SMILES string of the molecule is Nc1onc(-c2cn[nH]c2)c1-c1ccncc1. The van der Waals surface area contributed by atoms with Gasteiger partial charge in [0.1, 0.15) is 5.69 Å². The summed E-state index contributed by atoms with van der Waals surface area (Å²) in [6.07, 6.45) is 6.80. The van der Waals surface area contributed by atoms with E-state index in [9.17, 15) is 0 Å². The molecule has 0 spiro atoms. The normalized spacial score (nSPS) is 10.6. The molecule has 3 aromatic rings. The molecule has 0 radical (unpaired) electrons. The van der Waals surface area contributed by atoms with E-state index in [4.69, 9.17) is 10.3 Å². The quantitative estimate of drug-likeness (QED) is 0.695. The van der Waals surface area contributed by atoms with Gasteiger partial charge in [0.2, 0.25) is 5.88 Å². The summed E-state index contributed by atoms with van der Waals surface area (Å²) in [4.78, 5) is 3.97. The van der Waals surface area contributed by atoms with Gasteiger partial charge in [-0.05, 0) is 17.7 Å². The zero-order valence-electron chi connectivity index (χ0n) is 8.79. The average Bonchev–Trinajstić information content (AvgIpc) is 2.98. The molecule has 17 heavy (non-hydrogen) atoms. The number of hydrogen-bond acceptors (Lipinski definition) is 5. The Morgan fingerprint density at radius 1 is 1.18 bits per heavy atom. The Hall–Kier alpha value is -2.63. The van der Waals surface area contributed by atoms with E-state index in [0.29, 0.717) is 5.69 Å². The Labute approximate surface area is 96.5 Å². The summed E-state index contributed by atoms with van der Waals surface area (Å²) in [5, 5.41) is 10.6. The fraction of sp³-hybridized carbons (Fsp3) is 0. The predicted molar refractivity (Wildman–Crippen MR) is 61.7 cm³/mol. The van der Waals surface area contributed by atoms with Gasteiger partial charge >= 0.3 is 0 Å². The third-order valence-corrected chi connectivity index (χ3v) is 2.46. The molecule has 3 N–H and O–H groups in total. The molecule has 3 heterocycles. The average molecular weight is 227 g/mol. The van der Waals surface area contributed by atoms with Crippen LogP contribution < -0.4 is 5.73 Å². The minimum Gasteiger partial charge on any atom is -0.367 e. The van der Waals surface area contributed by atoms with E-state index in [1.54, 1.807) is 24.8 Å². The lowest BCUT2D eigenvalue weighted by atomic mass is 10.0. The first-order valence-electron chi connectivity index (χ1n) is 5.01. The molecule has 0 bridgehead atoms. The fourth-order valence-corrected chi connectivity index (χ4v) is 1.68. The zero-order valence-corrected chi connectivity index (χ0v) is 8.79. The molecule has 0 atom stereocenters. The second-order valence-corrected chi connectivity index (χ2v) is 3.49. The van der Waals surface area contributed by atoms with Crippen LogP contribution in [0.25, 0.3) is 22.4 Å². The Morgan fingerprint density at radius 3 is 2.71 bits per heavy atom. The number of H-pyrrole nitrogens is 1. The van der Waals surface area contributed by atoms with Gasteiger partial charge in [-0.2, -0.15) is 5.10 Å². The van der Waals surface area contributed by atoms with Crippen molar-refractivity contribution in [3.05, 3.63) is 36.9 Å². The molecule has 0 fully saturated rings. The van der Waals surface area contributed by atoms with Crippen LogP contribution in [-0.2, 0) is 0 Å². The lowest BCUT2D eigenvalue weighted by Gasteiger charge is -1.99. The molecule has 3 aromatic heterocycles. The minimum absolute atomic E-state index is 0.285. The number of pyridine rings is 1. The van der Waals surface area contributed by atoms with E-state index in [2.05, 4.69) is 20.3 Å². The molecule has 84 valence electrons. The maximum Gasteiger partial charge on any atom is 0.230 e. The third-order valence-electron chi connectivity index (χ3n) is 2.46. The van der Waals surface area contributed by atoms with Crippen LogP contribution in [0.3, 0.4) is 0 Å². The molecule has 0 saturated heterocycles. The summed E-state index contributed by atoms with van der Waals surface area (Å²) in [6, 6.07) is 3.71. The van der Waals surface area contributed by atoms with E-state index >= 15 is 0 Å². The Bertz CT molecular complexity index is 615. The van der Waals surface area contributed by atoms with Crippen LogP contribution in [-0.4, -0.2) is 20.3 Å². The molecule has 6 heteroatoms. The molecular weight excluding hydrogens is 218 g/mol. The summed E-state index contributed by atoms with van der Waals surface area (Å²) in [5.41, 5.74) is 8.97. The number of hydrogen-bond donors (Lipinski definition) is 2. The Balaban J connectivity index is 2.20. The summed E-state index contributed by atoms with van der Waals surface area (Å²) >= 11 is 0. The van der Waals surface area contributed by atoms with Crippen molar-refractivity contribution in [3.8, 4) is 22.4 Å². The van der Waals surface area contributed by atoms with E-state index in [0.717, 1.165) is 16.7 Å². The summed E-state index contributed by atoms with van der Waals surface area (Å²) in [6.45, 7) is 0.